The normalized spacial score (nSPS) is 11.5. The maximum atomic E-state index is 13.9. The van der Waals surface area contributed by atoms with Gasteiger partial charge in [0.1, 0.15) is 17.3 Å². The third-order valence-electron chi connectivity index (χ3n) is 4.10. The molecule has 2 aromatic carbocycles. The van der Waals surface area contributed by atoms with E-state index >= 15 is 0 Å². The summed E-state index contributed by atoms with van der Waals surface area (Å²) in [5.41, 5.74) is 8.35. The van der Waals surface area contributed by atoms with E-state index in [0.717, 1.165) is 38.6 Å². The topological polar surface area (TPSA) is 44.5 Å². The quantitative estimate of drug-likeness (QED) is 0.449. The summed E-state index contributed by atoms with van der Waals surface area (Å²) in [5, 5.41) is 0. The Morgan fingerprint density at radius 2 is 1.81 bits per heavy atom. The molecule has 0 atom stereocenters. The van der Waals surface area contributed by atoms with E-state index in [-0.39, 0.29) is 18.2 Å². The lowest BCUT2D eigenvalue weighted by atomic mass is 10.0. The van der Waals surface area contributed by atoms with Crippen LogP contribution in [0.4, 0.5) is 4.39 Å². The maximum absolute atomic E-state index is 13.9. The van der Waals surface area contributed by atoms with Crippen molar-refractivity contribution in [2.24, 2.45) is 5.73 Å². The van der Waals surface area contributed by atoms with E-state index in [2.05, 4.69) is 6.07 Å². The number of hydrogen-bond acceptors (Lipinski definition) is 4. The lowest BCUT2D eigenvalue weighted by molar-refractivity contribution is 0.122. The number of halogens is 2. The molecular formula is C20H19ClFNO2S. The third kappa shape index (κ3) is 3.62. The molecule has 0 fully saturated rings. The Morgan fingerprint density at radius 3 is 2.65 bits per heavy atom. The van der Waals surface area contributed by atoms with Crippen molar-refractivity contribution in [2.75, 3.05) is 13.2 Å². The largest absolute Gasteiger partial charge is 0.456 e. The number of thiophene rings is 1. The smallest absolute Gasteiger partial charge is 0.136 e. The molecule has 1 aliphatic heterocycles. The first-order chi connectivity index (χ1) is 12.3. The van der Waals surface area contributed by atoms with Gasteiger partial charge in [0.25, 0.3) is 0 Å². The van der Waals surface area contributed by atoms with Crippen molar-refractivity contribution >= 4 is 23.7 Å². The highest BCUT2D eigenvalue weighted by molar-refractivity contribution is 7.16. The van der Waals surface area contributed by atoms with E-state index in [4.69, 9.17) is 15.2 Å². The zero-order valence-electron chi connectivity index (χ0n) is 14.0. The Kier molecular flexibility index (Phi) is 5.94. The van der Waals surface area contributed by atoms with E-state index in [9.17, 15) is 4.39 Å². The van der Waals surface area contributed by atoms with Crippen molar-refractivity contribution in [1.29, 1.82) is 0 Å². The summed E-state index contributed by atoms with van der Waals surface area (Å²) in [6, 6.07) is 14.7. The molecule has 0 bridgehead atoms. The van der Waals surface area contributed by atoms with Crippen LogP contribution in [-0.2, 0) is 11.3 Å². The van der Waals surface area contributed by atoms with Crippen molar-refractivity contribution in [3.63, 3.8) is 0 Å². The molecule has 2 N–H and O–H groups in total. The predicted molar refractivity (Wildman–Crippen MR) is 106 cm³/mol. The highest BCUT2D eigenvalue weighted by Gasteiger charge is 2.23. The number of hydrogen-bond donors (Lipinski definition) is 1. The van der Waals surface area contributed by atoms with Gasteiger partial charge >= 0.3 is 0 Å². The molecule has 0 saturated heterocycles. The lowest BCUT2D eigenvalue weighted by Gasteiger charge is -2.09. The Labute approximate surface area is 162 Å². The van der Waals surface area contributed by atoms with Crippen molar-refractivity contribution in [3.8, 4) is 33.1 Å². The summed E-state index contributed by atoms with van der Waals surface area (Å²) < 4.78 is 25.6. The second kappa shape index (κ2) is 8.18. The van der Waals surface area contributed by atoms with Crippen molar-refractivity contribution in [1.82, 2.24) is 0 Å². The molecule has 1 aromatic heterocycles. The highest BCUT2D eigenvalue weighted by Crippen LogP contribution is 2.50. The van der Waals surface area contributed by atoms with E-state index in [1.807, 2.05) is 24.3 Å². The molecule has 0 spiro atoms. The predicted octanol–water partition coefficient (Wildman–Crippen LogP) is 5.61. The Balaban J connectivity index is 0.00000196. The Morgan fingerprint density at radius 1 is 1.00 bits per heavy atom. The first kappa shape index (κ1) is 18.9. The van der Waals surface area contributed by atoms with E-state index in [0.29, 0.717) is 25.5 Å². The number of nitrogens with two attached hydrogens (primary N) is 1. The van der Waals surface area contributed by atoms with Gasteiger partial charge in [-0.05, 0) is 43.3 Å². The summed E-state index contributed by atoms with van der Waals surface area (Å²) >= 11 is 1.62. The highest BCUT2D eigenvalue weighted by atomic mass is 35.5. The number of para-hydroxylation sites is 1. The molecule has 3 aromatic rings. The first-order valence-electron chi connectivity index (χ1n) is 8.24. The number of benzene rings is 2. The van der Waals surface area contributed by atoms with Crippen LogP contribution in [0.25, 0.3) is 21.6 Å². The van der Waals surface area contributed by atoms with Gasteiger partial charge in [-0.25, -0.2) is 4.39 Å². The first-order valence-corrected chi connectivity index (χ1v) is 9.05. The van der Waals surface area contributed by atoms with Gasteiger partial charge in [-0.15, -0.1) is 23.7 Å². The van der Waals surface area contributed by atoms with Gasteiger partial charge in [0, 0.05) is 33.1 Å². The third-order valence-corrected chi connectivity index (χ3v) is 5.25. The second-order valence-electron chi connectivity index (χ2n) is 5.89. The zero-order chi connectivity index (χ0) is 17.2. The minimum atomic E-state index is -0.270. The van der Waals surface area contributed by atoms with Crippen molar-refractivity contribution in [2.45, 2.75) is 13.0 Å². The number of rotatable bonds is 5. The molecule has 0 saturated carbocycles. The van der Waals surface area contributed by atoms with Crippen LogP contribution in [0, 0.1) is 5.82 Å². The summed E-state index contributed by atoms with van der Waals surface area (Å²) in [5.74, 6) is 1.18. The van der Waals surface area contributed by atoms with Crippen molar-refractivity contribution in [3.05, 3.63) is 59.2 Å². The molecule has 0 unspecified atom stereocenters. The lowest BCUT2D eigenvalue weighted by Crippen LogP contribution is -2.03. The van der Waals surface area contributed by atoms with Crippen LogP contribution in [0.2, 0.25) is 0 Å². The van der Waals surface area contributed by atoms with Gasteiger partial charge in [-0.3, -0.25) is 0 Å². The fourth-order valence-electron chi connectivity index (χ4n) is 2.94. The fourth-order valence-corrected chi connectivity index (χ4v) is 4.07. The van der Waals surface area contributed by atoms with Crippen LogP contribution < -0.4 is 10.5 Å². The Bertz CT molecular complexity index is 913. The van der Waals surface area contributed by atoms with Gasteiger partial charge in [-0.2, -0.15) is 0 Å². The molecule has 0 radical (unpaired) electrons. The molecule has 136 valence electrons. The SMILES string of the molecule is Cl.NCCCOCc1cc2c(s1)-c1cc(F)ccc1Oc1ccccc1-2. The minimum Gasteiger partial charge on any atom is -0.456 e. The van der Waals surface area contributed by atoms with Gasteiger partial charge < -0.3 is 15.2 Å². The minimum absolute atomic E-state index is 0. The average molecular weight is 392 g/mol. The molecule has 6 heteroatoms. The molecular weight excluding hydrogens is 373 g/mol. The number of fused-ring (bicyclic) bond motifs is 5. The molecule has 26 heavy (non-hydrogen) atoms. The summed E-state index contributed by atoms with van der Waals surface area (Å²) in [4.78, 5) is 2.12. The van der Waals surface area contributed by atoms with Crippen molar-refractivity contribution < 1.29 is 13.9 Å². The van der Waals surface area contributed by atoms with Crippen LogP contribution in [0.1, 0.15) is 11.3 Å². The van der Waals surface area contributed by atoms with E-state index in [1.54, 1.807) is 17.4 Å². The standard InChI is InChI=1S/C20H18FNO2S.ClH/c21-13-6-7-19-17(10-13)20-16(15-4-1-2-5-18(15)24-19)11-14(25-20)12-23-9-3-8-22;/h1-2,4-7,10-11H,3,8-9,12,22H2;1H. The molecule has 1 aliphatic rings. The van der Waals surface area contributed by atoms with Crippen LogP contribution >= 0.6 is 23.7 Å². The molecule has 0 aliphatic carbocycles. The fraction of sp³-hybridized carbons (Fsp3) is 0.200. The van der Waals surface area contributed by atoms with E-state index in [1.165, 1.54) is 12.1 Å². The van der Waals surface area contributed by atoms with Gasteiger partial charge in [0.05, 0.1) is 6.61 Å². The zero-order valence-corrected chi connectivity index (χ0v) is 15.7. The van der Waals surface area contributed by atoms with Gasteiger partial charge in [0.2, 0.25) is 0 Å². The van der Waals surface area contributed by atoms with Crippen LogP contribution in [0.3, 0.4) is 0 Å². The van der Waals surface area contributed by atoms with E-state index < -0.39 is 0 Å². The molecule has 2 heterocycles. The second-order valence-corrected chi connectivity index (χ2v) is 7.03. The number of ether oxygens (including phenoxy) is 2. The van der Waals surface area contributed by atoms with Crippen LogP contribution in [0.15, 0.2) is 48.5 Å². The van der Waals surface area contributed by atoms with Gasteiger partial charge in [-0.1, -0.05) is 18.2 Å². The summed E-state index contributed by atoms with van der Waals surface area (Å²) in [6.45, 7) is 1.80. The summed E-state index contributed by atoms with van der Waals surface area (Å²) in [7, 11) is 0. The molecule has 0 amide bonds. The summed E-state index contributed by atoms with van der Waals surface area (Å²) in [6.07, 6.45) is 0.843. The Hall–Kier alpha value is -1.92. The van der Waals surface area contributed by atoms with Crippen LogP contribution in [0.5, 0.6) is 11.5 Å². The average Bonchev–Trinajstić information content (AvgIpc) is 2.99. The van der Waals surface area contributed by atoms with Gasteiger partial charge in [0.15, 0.2) is 0 Å². The maximum Gasteiger partial charge on any atom is 0.136 e. The van der Waals surface area contributed by atoms with Crippen LogP contribution in [-0.4, -0.2) is 13.2 Å². The molecule has 4 rings (SSSR count). The monoisotopic (exact) mass is 391 g/mol. The molecule has 3 nitrogen and oxygen atoms in total.